The van der Waals surface area contributed by atoms with E-state index in [4.69, 9.17) is 25.0 Å². The van der Waals surface area contributed by atoms with E-state index in [0.717, 1.165) is 54.6 Å². The van der Waals surface area contributed by atoms with Crippen LogP contribution in [0.5, 0.6) is 6.01 Å². The number of thiophene rings is 1. The Hall–Kier alpha value is -4.79. The summed E-state index contributed by atoms with van der Waals surface area (Å²) in [5.41, 5.74) is 9.96. The highest BCUT2D eigenvalue weighted by Gasteiger charge is 2.53. The molecule has 0 aromatic carbocycles. The molecule has 8 rings (SSSR count). The number of ether oxygens (including phenoxy) is 1. The van der Waals surface area contributed by atoms with Crippen molar-refractivity contribution in [1.29, 1.82) is 10.5 Å². The molecule has 4 aliphatic rings. The molecular weight excluding hydrogens is 619 g/mol. The molecule has 1 aliphatic carbocycles. The molecule has 0 bridgehead atoms. The van der Waals surface area contributed by atoms with E-state index in [0.29, 0.717) is 60.4 Å². The molecule has 12 nitrogen and oxygen atoms in total. The van der Waals surface area contributed by atoms with Crippen molar-refractivity contribution in [3.8, 4) is 29.4 Å². The molecule has 1 spiro atoms. The van der Waals surface area contributed by atoms with E-state index < -0.39 is 6.17 Å². The molecular formula is C33H33FN10O2S. The van der Waals surface area contributed by atoms with Crippen molar-refractivity contribution in [2.75, 3.05) is 55.4 Å². The molecule has 2 atom stereocenters. The lowest BCUT2D eigenvalue weighted by Crippen LogP contribution is -2.59. The van der Waals surface area contributed by atoms with Gasteiger partial charge in [-0.05, 0) is 49.4 Å². The summed E-state index contributed by atoms with van der Waals surface area (Å²) in [6, 6.07) is 8.69. The van der Waals surface area contributed by atoms with Gasteiger partial charge in [0.1, 0.15) is 41.7 Å². The molecule has 47 heavy (non-hydrogen) atoms. The number of nitrogens with zero attached hydrogens (tertiary/aromatic N) is 9. The van der Waals surface area contributed by atoms with E-state index in [1.807, 2.05) is 24.1 Å². The standard InChI is InChI=1S/C33H33FN10O2S/c1-42(14-20-4-2-8-38-27(20)21-13-39-46-16-21)29-24(12-36)30(41-31(40-29)45-19-33-6-3-9-44(33)15-22(34)10-33)43-17-32(18-43)7-5-25-26(32)23(11-35)28(37)47-25/h2,4,8,13,16,22H,3,5-7,9-10,14-15,17-19,37H2,1H3/t22-,33+/m1/s1. The van der Waals surface area contributed by atoms with Crippen LogP contribution in [0.15, 0.2) is 35.3 Å². The maximum Gasteiger partial charge on any atom is 0.320 e. The molecule has 3 saturated heterocycles. The van der Waals surface area contributed by atoms with Crippen LogP contribution < -0.4 is 20.3 Å². The number of nitrogen functional groups attached to an aromatic ring is 1. The second-order valence-corrected chi connectivity index (χ2v) is 14.3. The van der Waals surface area contributed by atoms with Crippen LogP contribution in [-0.2, 0) is 18.4 Å². The zero-order chi connectivity index (χ0) is 32.3. The summed E-state index contributed by atoms with van der Waals surface area (Å²) in [6.45, 7) is 3.13. The first-order valence-electron chi connectivity index (χ1n) is 15.8. The number of fused-ring (bicyclic) bond motifs is 3. The molecule has 0 amide bonds. The molecule has 0 unspecified atom stereocenters. The molecule has 2 N–H and O–H groups in total. The molecule has 0 radical (unpaired) electrons. The highest BCUT2D eigenvalue weighted by molar-refractivity contribution is 7.16. The van der Waals surface area contributed by atoms with Crippen molar-refractivity contribution in [1.82, 2.24) is 25.0 Å². The van der Waals surface area contributed by atoms with Gasteiger partial charge in [-0.3, -0.25) is 9.88 Å². The minimum Gasteiger partial charge on any atom is -0.461 e. The van der Waals surface area contributed by atoms with Crippen molar-refractivity contribution in [3.63, 3.8) is 0 Å². The summed E-state index contributed by atoms with van der Waals surface area (Å²) in [5.74, 6) is 0.912. The van der Waals surface area contributed by atoms with Gasteiger partial charge in [-0.2, -0.15) is 20.5 Å². The fourth-order valence-corrected chi connectivity index (χ4v) is 9.33. The molecule has 3 fully saturated rings. The minimum absolute atomic E-state index is 0.153. The quantitative estimate of drug-likeness (QED) is 0.290. The van der Waals surface area contributed by atoms with Crippen LogP contribution in [0, 0.1) is 22.7 Å². The number of alkyl halides is 1. The van der Waals surface area contributed by atoms with Crippen LogP contribution in [0.25, 0.3) is 11.3 Å². The number of hydrogen-bond donors (Lipinski definition) is 1. The third kappa shape index (κ3) is 4.77. The first kappa shape index (κ1) is 29.6. The highest BCUT2D eigenvalue weighted by atomic mass is 32.1. The molecule has 14 heteroatoms. The van der Waals surface area contributed by atoms with Crippen molar-refractivity contribution in [3.05, 3.63) is 57.9 Å². The predicted octanol–water partition coefficient (Wildman–Crippen LogP) is 4.21. The van der Waals surface area contributed by atoms with E-state index >= 15 is 0 Å². The predicted molar refractivity (Wildman–Crippen MR) is 173 cm³/mol. The zero-order valence-electron chi connectivity index (χ0n) is 25.9. The molecule has 4 aromatic heterocycles. The Balaban J connectivity index is 1.14. The van der Waals surface area contributed by atoms with E-state index in [-0.39, 0.29) is 23.6 Å². The molecule has 240 valence electrons. The molecule has 7 heterocycles. The van der Waals surface area contributed by atoms with E-state index in [1.165, 1.54) is 16.2 Å². The van der Waals surface area contributed by atoms with Crippen LogP contribution in [0.3, 0.4) is 0 Å². The summed E-state index contributed by atoms with van der Waals surface area (Å²) in [4.78, 5) is 21.5. The molecule has 4 aromatic rings. The maximum atomic E-state index is 14.5. The number of aryl methyl sites for hydroxylation is 1. The lowest BCUT2D eigenvalue weighted by atomic mass is 9.74. The maximum absolute atomic E-state index is 14.5. The Kier molecular flexibility index (Phi) is 7.04. The van der Waals surface area contributed by atoms with Gasteiger partial charge in [0.15, 0.2) is 11.6 Å². The summed E-state index contributed by atoms with van der Waals surface area (Å²) in [5, 5.41) is 24.9. The normalized spacial score (nSPS) is 22.5. The van der Waals surface area contributed by atoms with Crippen LogP contribution in [0.4, 0.5) is 21.0 Å². The minimum atomic E-state index is -0.879. The van der Waals surface area contributed by atoms with Crippen molar-refractivity contribution >= 4 is 28.0 Å². The number of pyridine rings is 1. The Morgan fingerprint density at radius 1 is 1.23 bits per heavy atom. The summed E-state index contributed by atoms with van der Waals surface area (Å²) < 4.78 is 26.0. The first-order valence-corrected chi connectivity index (χ1v) is 16.6. The Morgan fingerprint density at radius 3 is 2.87 bits per heavy atom. The van der Waals surface area contributed by atoms with Gasteiger partial charge in [-0.1, -0.05) is 11.2 Å². The summed E-state index contributed by atoms with van der Waals surface area (Å²) in [6.07, 6.45) is 8.08. The number of hydrogen-bond acceptors (Lipinski definition) is 13. The lowest BCUT2D eigenvalue weighted by Gasteiger charge is -2.49. The average Bonchev–Trinajstić information content (AvgIpc) is 3.87. The monoisotopic (exact) mass is 652 g/mol. The SMILES string of the molecule is CN(Cc1cccnc1-c1cnoc1)c1nc(OC[C@@]23CCCN2C[C@H](F)C3)nc(N2CC3(CCc4sc(N)c(C#N)c43)C2)c1C#N. The highest BCUT2D eigenvalue weighted by Crippen LogP contribution is 2.53. The number of halogens is 1. The number of anilines is 3. The second kappa shape index (κ2) is 11.2. The van der Waals surface area contributed by atoms with Gasteiger partial charge >= 0.3 is 6.01 Å². The number of aromatic nitrogens is 4. The first-order chi connectivity index (χ1) is 22.8. The molecule has 3 aliphatic heterocycles. The average molecular weight is 653 g/mol. The number of nitriles is 2. The van der Waals surface area contributed by atoms with Gasteiger partial charge in [-0.15, -0.1) is 11.3 Å². The van der Waals surface area contributed by atoms with Gasteiger partial charge in [0.25, 0.3) is 0 Å². The van der Waals surface area contributed by atoms with Crippen LogP contribution >= 0.6 is 11.3 Å². The summed E-state index contributed by atoms with van der Waals surface area (Å²) in [7, 11) is 1.87. The van der Waals surface area contributed by atoms with Gasteiger partial charge in [0, 0.05) is 56.1 Å². The fraction of sp³-hybridized carbons (Fsp3) is 0.455. The Bertz CT molecular complexity index is 1930. The van der Waals surface area contributed by atoms with Gasteiger partial charge < -0.3 is 24.8 Å². The van der Waals surface area contributed by atoms with Crippen LogP contribution in [-0.4, -0.2) is 76.6 Å². The lowest BCUT2D eigenvalue weighted by molar-refractivity contribution is 0.107. The number of nitrogens with two attached hydrogens (primary N) is 1. The Morgan fingerprint density at radius 2 is 2.09 bits per heavy atom. The fourth-order valence-electron chi connectivity index (χ4n) is 8.19. The van der Waals surface area contributed by atoms with Gasteiger partial charge in [0.2, 0.25) is 0 Å². The number of rotatable bonds is 8. The van der Waals surface area contributed by atoms with E-state index in [9.17, 15) is 14.9 Å². The van der Waals surface area contributed by atoms with E-state index in [1.54, 1.807) is 18.7 Å². The van der Waals surface area contributed by atoms with Crippen molar-refractivity contribution < 1.29 is 13.7 Å². The Labute approximate surface area is 275 Å². The van der Waals surface area contributed by atoms with Gasteiger partial charge in [0.05, 0.1) is 28.6 Å². The van der Waals surface area contributed by atoms with Crippen molar-refractivity contribution in [2.45, 2.75) is 55.8 Å². The largest absolute Gasteiger partial charge is 0.461 e. The zero-order valence-corrected chi connectivity index (χ0v) is 26.8. The van der Waals surface area contributed by atoms with Crippen LogP contribution in [0.1, 0.15) is 52.8 Å². The van der Waals surface area contributed by atoms with Gasteiger partial charge in [-0.25, -0.2) is 4.39 Å². The third-order valence-electron chi connectivity index (χ3n) is 10.3. The second-order valence-electron chi connectivity index (χ2n) is 13.2. The topological polar surface area (TPSA) is 157 Å². The molecule has 0 saturated carbocycles. The van der Waals surface area contributed by atoms with Crippen LogP contribution in [0.2, 0.25) is 0 Å². The van der Waals surface area contributed by atoms with Crippen molar-refractivity contribution in [2.24, 2.45) is 0 Å². The summed E-state index contributed by atoms with van der Waals surface area (Å²) >= 11 is 1.51. The third-order valence-corrected chi connectivity index (χ3v) is 11.4. The smallest absolute Gasteiger partial charge is 0.320 e. The van der Waals surface area contributed by atoms with E-state index in [2.05, 4.69) is 32.1 Å².